The summed E-state index contributed by atoms with van der Waals surface area (Å²) in [5.41, 5.74) is -1.86. The summed E-state index contributed by atoms with van der Waals surface area (Å²) in [7, 11) is 0. The van der Waals surface area contributed by atoms with E-state index in [2.05, 4.69) is 20.5 Å². The number of rotatable bonds is 6. The lowest BCUT2D eigenvalue weighted by Crippen LogP contribution is -2.23. The van der Waals surface area contributed by atoms with Gasteiger partial charge in [0.05, 0.1) is 23.4 Å². The molecule has 0 saturated carbocycles. The van der Waals surface area contributed by atoms with Crippen LogP contribution in [0.1, 0.15) is 17.7 Å². The quantitative estimate of drug-likeness (QED) is 0.587. The third-order valence-corrected chi connectivity index (χ3v) is 3.94. The summed E-state index contributed by atoms with van der Waals surface area (Å²) in [4.78, 5) is 27.0. The van der Waals surface area contributed by atoms with Crippen LogP contribution in [0.2, 0.25) is 0 Å². The van der Waals surface area contributed by atoms with E-state index in [1.54, 1.807) is 0 Å². The maximum Gasteiger partial charge on any atom is 0.416 e. The first-order chi connectivity index (χ1) is 14.1. The van der Waals surface area contributed by atoms with Crippen molar-refractivity contribution in [2.45, 2.75) is 19.0 Å². The smallest absolute Gasteiger partial charge is 0.416 e. The number of aromatic nitrogens is 4. The number of nitrogens with zero attached hydrogens (tertiary/aromatic N) is 4. The predicted octanol–water partition coefficient (Wildman–Crippen LogP) is 2.94. The number of alkyl halides is 3. The van der Waals surface area contributed by atoms with Crippen molar-refractivity contribution in [2.24, 2.45) is 0 Å². The lowest BCUT2D eigenvalue weighted by Gasteiger charge is -2.11. The predicted molar refractivity (Wildman–Crippen MR) is 96.1 cm³/mol. The first-order valence-corrected chi connectivity index (χ1v) is 8.41. The van der Waals surface area contributed by atoms with Crippen LogP contribution in [0.4, 0.5) is 29.1 Å². The van der Waals surface area contributed by atoms with Gasteiger partial charge < -0.3 is 10.4 Å². The van der Waals surface area contributed by atoms with Crippen molar-refractivity contribution in [1.29, 1.82) is 0 Å². The first-order valence-electron chi connectivity index (χ1n) is 8.41. The molecule has 3 rings (SSSR count). The molecule has 1 aromatic carbocycles. The number of benzene rings is 1. The zero-order valence-corrected chi connectivity index (χ0v) is 15.0. The largest absolute Gasteiger partial charge is 0.481 e. The molecule has 0 aliphatic carbocycles. The number of carboxylic acid groups (broad SMARTS) is 1. The van der Waals surface area contributed by atoms with Crippen LogP contribution in [-0.2, 0) is 17.4 Å². The topological polar surface area (TPSA) is 110 Å². The molecule has 156 valence electrons. The van der Waals surface area contributed by atoms with E-state index in [0.29, 0.717) is 17.8 Å². The molecule has 0 radical (unpaired) electrons. The summed E-state index contributed by atoms with van der Waals surface area (Å²) in [6.45, 7) is 0. The second kappa shape index (κ2) is 8.27. The highest BCUT2D eigenvalue weighted by Crippen LogP contribution is 2.31. The van der Waals surface area contributed by atoms with E-state index in [4.69, 9.17) is 5.11 Å². The molecule has 30 heavy (non-hydrogen) atoms. The number of nitrogens with one attached hydrogen (secondary N) is 1. The second-order valence-electron chi connectivity index (χ2n) is 6.04. The third-order valence-electron chi connectivity index (χ3n) is 3.94. The number of hydrogen-bond acceptors (Lipinski definition) is 6. The highest BCUT2D eigenvalue weighted by Gasteiger charge is 2.31. The average molecular weight is 423 g/mol. The first kappa shape index (κ1) is 20.9. The van der Waals surface area contributed by atoms with Gasteiger partial charge in [0.2, 0.25) is 0 Å². The Labute approximate surface area is 165 Å². The van der Waals surface area contributed by atoms with Gasteiger partial charge in [-0.1, -0.05) is 0 Å². The molecule has 2 N–H and O–H groups in total. The molecule has 3 aromatic rings. The minimum absolute atomic E-state index is 0.0948. The highest BCUT2D eigenvalue weighted by molar-refractivity contribution is 5.66. The lowest BCUT2D eigenvalue weighted by molar-refractivity contribution is -0.138. The highest BCUT2D eigenvalue weighted by atomic mass is 19.4. The molecule has 0 unspecified atom stereocenters. The van der Waals surface area contributed by atoms with E-state index in [0.717, 1.165) is 10.6 Å². The summed E-state index contributed by atoms with van der Waals surface area (Å²) in [5, 5.41) is 18.8. The van der Waals surface area contributed by atoms with Gasteiger partial charge in [0.15, 0.2) is 11.6 Å². The van der Waals surface area contributed by atoms with Crippen LogP contribution in [0.15, 0.2) is 47.5 Å². The Balaban J connectivity index is 1.85. The Morgan fingerprint density at radius 3 is 2.53 bits per heavy atom. The van der Waals surface area contributed by atoms with E-state index in [-0.39, 0.29) is 30.2 Å². The van der Waals surface area contributed by atoms with Gasteiger partial charge in [0.1, 0.15) is 5.82 Å². The Morgan fingerprint density at radius 1 is 1.17 bits per heavy atom. The number of aliphatic carboxylic acids is 1. The Hall–Kier alpha value is -3.83. The molecule has 0 aliphatic heterocycles. The van der Waals surface area contributed by atoms with Crippen LogP contribution >= 0.6 is 0 Å². The molecule has 0 bridgehead atoms. The number of halogens is 4. The zero-order chi connectivity index (χ0) is 21.9. The van der Waals surface area contributed by atoms with Crippen LogP contribution in [-0.4, -0.2) is 30.8 Å². The molecule has 12 heteroatoms. The molecule has 0 saturated heterocycles. The lowest BCUT2D eigenvalue weighted by atomic mass is 10.2. The van der Waals surface area contributed by atoms with Crippen LogP contribution in [0.25, 0.3) is 5.82 Å². The van der Waals surface area contributed by atoms with E-state index < -0.39 is 29.1 Å². The van der Waals surface area contributed by atoms with Crippen LogP contribution in [0, 0.1) is 5.82 Å². The van der Waals surface area contributed by atoms with Crippen molar-refractivity contribution in [3.63, 3.8) is 0 Å². The summed E-state index contributed by atoms with van der Waals surface area (Å²) in [6, 6.07) is 4.78. The van der Waals surface area contributed by atoms with Crippen molar-refractivity contribution < 1.29 is 27.5 Å². The number of hydrogen-bond donors (Lipinski definition) is 2. The number of aryl methyl sites for hydroxylation is 1. The number of carboxylic acids is 1. The van der Waals surface area contributed by atoms with Crippen molar-refractivity contribution in [3.8, 4) is 5.82 Å². The molecule has 0 amide bonds. The number of anilines is 2. The van der Waals surface area contributed by atoms with Crippen LogP contribution < -0.4 is 10.9 Å². The van der Waals surface area contributed by atoms with Crippen LogP contribution in [0.3, 0.4) is 0 Å². The van der Waals surface area contributed by atoms with Gasteiger partial charge in [0, 0.05) is 18.8 Å². The van der Waals surface area contributed by atoms with Crippen molar-refractivity contribution in [3.05, 3.63) is 70.2 Å². The fraction of sp³-hybridized carbons (Fsp3) is 0.167. The summed E-state index contributed by atoms with van der Waals surface area (Å²) < 4.78 is 53.0. The Morgan fingerprint density at radius 2 is 1.93 bits per heavy atom. The molecule has 0 spiro atoms. The fourth-order valence-corrected chi connectivity index (χ4v) is 2.45. The molecule has 0 fully saturated rings. The van der Waals surface area contributed by atoms with E-state index in [1.807, 2.05) is 0 Å². The monoisotopic (exact) mass is 423 g/mol. The minimum Gasteiger partial charge on any atom is -0.481 e. The SMILES string of the molecule is O=C(O)CCc1ccc(-n2ccnc(Nc3ccc(C(F)(F)F)cc3F)c2=O)nn1. The van der Waals surface area contributed by atoms with Gasteiger partial charge in [-0.15, -0.1) is 5.10 Å². The molecule has 0 atom stereocenters. The molecular weight excluding hydrogens is 410 g/mol. The van der Waals surface area contributed by atoms with Crippen molar-refractivity contribution >= 4 is 17.5 Å². The van der Waals surface area contributed by atoms with Gasteiger partial charge in [-0.3, -0.25) is 14.2 Å². The van der Waals surface area contributed by atoms with Crippen LogP contribution in [0.5, 0.6) is 0 Å². The van der Waals surface area contributed by atoms with E-state index >= 15 is 0 Å². The molecule has 8 nitrogen and oxygen atoms in total. The summed E-state index contributed by atoms with van der Waals surface area (Å²) in [5.74, 6) is -2.44. The van der Waals surface area contributed by atoms with Crippen molar-refractivity contribution in [1.82, 2.24) is 19.7 Å². The van der Waals surface area contributed by atoms with Gasteiger partial charge in [-0.2, -0.15) is 18.3 Å². The zero-order valence-electron chi connectivity index (χ0n) is 15.0. The van der Waals surface area contributed by atoms with E-state index in [9.17, 15) is 27.2 Å². The second-order valence-corrected chi connectivity index (χ2v) is 6.04. The molecular formula is C18H13F4N5O3. The normalized spacial score (nSPS) is 11.3. The Kier molecular flexibility index (Phi) is 5.76. The van der Waals surface area contributed by atoms with Gasteiger partial charge in [-0.05, 0) is 30.3 Å². The van der Waals surface area contributed by atoms with Gasteiger partial charge >= 0.3 is 12.1 Å². The summed E-state index contributed by atoms with van der Waals surface area (Å²) in [6.07, 6.45) is -2.18. The molecule has 2 aromatic heterocycles. The molecule has 2 heterocycles. The third kappa shape index (κ3) is 4.77. The summed E-state index contributed by atoms with van der Waals surface area (Å²) >= 11 is 0. The maximum atomic E-state index is 14.0. The van der Waals surface area contributed by atoms with Gasteiger partial charge in [-0.25, -0.2) is 9.37 Å². The maximum absolute atomic E-state index is 14.0. The van der Waals surface area contributed by atoms with E-state index in [1.165, 1.54) is 24.5 Å². The number of carbonyl (C=O) groups is 1. The minimum atomic E-state index is -4.70. The fourth-order valence-electron chi connectivity index (χ4n) is 2.45. The van der Waals surface area contributed by atoms with Gasteiger partial charge in [0.25, 0.3) is 5.56 Å². The Bertz CT molecular complexity index is 1130. The van der Waals surface area contributed by atoms with Crippen molar-refractivity contribution in [2.75, 3.05) is 5.32 Å². The molecule has 0 aliphatic rings. The average Bonchev–Trinajstić information content (AvgIpc) is 2.69. The standard InChI is InChI=1S/C18H13F4N5O3/c19-12-9-10(18(20,21)22)1-4-13(12)24-16-17(30)27(8-7-23-16)14-5-2-11(25-26-14)3-6-15(28)29/h1-2,4-5,7-9H,3,6H2,(H,23,24)(H,28,29).